The molecule has 0 radical (unpaired) electrons. The molecule has 0 aromatic heterocycles. The first-order valence-electron chi connectivity index (χ1n) is 11.3. The van der Waals surface area contributed by atoms with Crippen molar-refractivity contribution in [3.05, 3.63) is 0 Å². The van der Waals surface area contributed by atoms with Gasteiger partial charge in [-0.3, -0.25) is 9.59 Å². The Bertz CT molecular complexity index is 403. The zero-order valence-corrected chi connectivity index (χ0v) is 19.2. The van der Waals surface area contributed by atoms with Gasteiger partial charge >= 0.3 is 11.9 Å². The third-order valence-corrected chi connectivity index (χ3v) is 4.23. The summed E-state index contributed by atoms with van der Waals surface area (Å²) in [5, 5.41) is 0. The second-order valence-corrected chi connectivity index (χ2v) is 6.85. The van der Waals surface area contributed by atoms with E-state index in [4.69, 9.17) is 28.4 Å². The van der Waals surface area contributed by atoms with Gasteiger partial charge in [0.15, 0.2) is 0 Å². The average Bonchev–Trinajstić information content (AvgIpc) is 2.75. The number of carbonyl (C=O) groups is 2. The maximum Gasteiger partial charge on any atom is 0.309 e. The standard InChI is InChI=1S/C22H42O8/c1-4-7-9-25-11-13-27-15-17-29-21(23)19-20(6-3)22(24)30-18-16-28-14-12-26-10-8-5-2/h20H,4-19H2,1-3H3. The van der Waals surface area contributed by atoms with Crippen LogP contribution in [0.3, 0.4) is 0 Å². The summed E-state index contributed by atoms with van der Waals surface area (Å²) in [6.07, 6.45) is 4.80. The molecule has 0 fully saturated rings. The Labute approximate surface area is 181 Å². The molecule has 0 saturated carbocycles. The van der Waals surface area contributed by atoms with E-state index in [2.05, 4.69) is 13.8 Å². The van der Waals surface area contributed by atoms with Crippen LogP contribution in [-0.2, 0) is 38.0 Å². The summed E-state index contributed by atoms with van der Waals surface area (Å²) in [5.41, 5.74) is 0. The zero-order chi connectivity index (χ0) is 22.3. The number of hydrogen-bond acceptors (Lipinski definition) is 8. The van der Waals surface area contributed by atoms with E-state index >= 15 is 0 Å². The quantitative estimate of drug-likeness (QED) is 0.190. The van der Waals surface area contributed by atoms with Crippen LogP contribution in [0.2, 0.25) is 0 Å². The van der Waals surface area contributed by atoms with Crippen LogP contribution in [0.5, 0.6) is 0 Å². The van der Waals surface area contributed by atoms with Crippen LogP contribution < -0.4 is 0 Å². The third-order valence-electron chi connectivity index (χ3n) is 4.23. The van der Waals surface area contributed by atoms with Crippen LogP contribution in [0, 0.1) is 5.92 Å². The molecule has 0 aromatic rings. The molecule has 0 amide bonds. The molecular weight excluding hydrogens is 392 g/mol. The SMILES string of the molecule is CCCCOCCOCCOC(=O)CC(CC)C(=O)OCCOCCOCCCC. The van der Waals surface area contributed by atoms with Gasteiger partial charge in [0.05, 0.1) is 52.0 Å². The molecule has 0 aliphatic rings. The molecule has 0 aliphatic heterocycles. The molecule has 0 saturated heterocycles. The average molecular weight is 435 g/mol. The Kier molecular flexibility index (Phi) is 21.6. The van der Waals surface area contributed by atoms with E-state index in [1.54, 1.807) is 0 Å². The van der Waals surface area contributed by atoms with Crippen molar-refractivity contribution >= 4 is 11.9 Å². The summed E-state index contributed by atoms with van der Waals surface area (Å²) in [7, 11) is 0. The summed E-state index contributed by atoms with van der Waals surface area (Å²) in [4.78, 5) is 24.0. The van der Waals surface area contributed by atoms with Crippen LogP contribution in [-0.4, -0.2) is 78.0 Å². The largest absolute Gasteiger partial charge is 0.463 e. The van der Waals surface area contributed by atoms with E-state index in [0.717, 1.165) is 38.9 Å². The van der Waals surface area contributed by atoms with Gasteiger partial charge in [0.25, 0.3) is 0 Å². The second-order valence-electron chi connectivity index (χ2n) is 6.85. The lowest BCUT2D eigenvalue weighted by Gasteiger charge is -2.14. The maximum absolute atomic E-state index is 12.1. The van der Waals surface area contributed by atoms with E-state index in [9.17, 15) is 9.59 Å². The Morgan fingerprint density at radius 2 is 1.03 bits per heavy atom. The van der Waals surface area contributed by atoms with E-state index in [0.29, 0.717) is 46.1 Å². The highest BCUT2D eigenvalue weighted by Crippen LogP contribution is 2.11. The van der Waals surface area contributed by atoms with E-state index in [1.807, 2.05) is 6.92 Å². The molecule has 0 rings (SSSR count). The molecular formula is C22H42O8. The first-order chi connectivity index (χ1) is 14.7. The highest BCUT2D eigenvalue weighted by molar-refractivity contribution is 5.79. The van der Waals surface area contributed by atoms with Crippen LogP contribution in [0.1, 0.15) is 59.3 Å². The minimum Gasteiger partial charge on any atom is -0.463 e. The van der Waals surface area contributed by atoms with Crippen molar-refractivity contribution < 1.29 is 38.0 Å². The Balaban J connectivity index is 3.66. The minimum absolute atomic E-state index is 0.00158. The Morgan fingerprint density at radius 1 is 0.600 bits per heavy atom. The summed E-state index contributed by atoms with van der Waals surface area (Å²) >= 11 is 0. The predicted molar refractivity (Wildman–Crippen MR) is 113 cm³/mol. The number of esters is 2. The molecule has 1 unspecified atom stereocenters. The van der Waals surface area contributed by atoms with E-state index in [1.165, 1.54) is 0 Å². The molecule has 8 nitrogen and oxygen atoms in total. The van der Waals surface area contributed by atoms with Crippen LogP contribution in [0.4, 0.5) is 0 Å². The monoisotopic (exact) mass is 434 g/mol. The van der Waals surface area contributed by atoms with Gasteiger partial charge in [0.2, 0.25) is 0 Å². The summed E-state index contributed by atoms with van der Waals surface area (Å²) in [6.45, 7) is 10.5. The molecule has 0 heterocycles. The van der Waals surface area contributed by atoms with Gasteiger partial charge in [0, 0.05) is 13.2 Å². The van der Waals surface area contributed by atoms with Crippen LogP contribution in [0.25, 0.3) is 0 Å². The zero-order valence-electron chi connectivity index (χ0n) is 19.2. The van der Waals surface area contributed by atoms with Crippen LogP contribution in [0.15, 0.2) is 0 Å². The van der Waals surface area contributed by atoms with E-state index < -0.39 is 17.9 Å². The molecule has 0 N–H and O–H groups in total. The fourth-order valence-corrected chi connectivity index (χ4v) is 2.32. The third kappa shape index (κ3) is 18.8. The van der Waals surface area contributed by atoms with Crippen molar-refractivity contribution in [1.29, 1.82) is 0 Å². The van der Waals surface area contributed by atoms with Gasteiger partial charge in [-0.05, 0) is 19.3 Å². The van der Waals surface area contributed by atoms with Gasteiger partial charge in [-0.15, -0.1) is 0 Å². The lowest BCUT2D eigenvalue weighted by molar-refractivity contribution is -0.157. The molecule has 0 bridgehead atoms. The predicted octanol–water partition coefficient (Wildman–Crippen LogP) is 3.16. The Morgan fingerprint density at radius 3 is 1.50 bits per heavy atom. The Hall–Kier alpha value is -1.22. The van der Waals surface area contributed by atoms with Crippen molar-refractivity contribution in [1.82, 2.24) is 0 Å². The molecule has 1 atom stereocenters. The molecule has 0 aliphatic carbocycles. The number of rotatable bonds is 22. The van der Waals surface area contributed by atoms with Gasteiger partial charge in [0.1, 0.15) is 13.2 Å². The molecule has 30 heavy (non-hydrogen) atoms. The highest BCUT2D eigenvalue weighted by Gasteiger charge is 2.22. The van der Waals surface area contributed by atoms with Crippen molar-refractivity contribution in [2.75, 3.05) is 66.1 Å². The van der Waals surface area contributed by atoms with Gasteiger partial charge in [-0.1, -0.05) is 33.6 Å². The van der Waals surface area contributed by atoms with Crippen molar-refractivity contribution in [3.63, 3.8) is 0 Å². The molecule has 0 spiro atoms. The smallest absolute Gasteiger partial charge is 0.309 e. The highest BCUT2D eigenvalue weighted by atomic mass is 16.6. The van der Waals surface area contributed by atoms with Crippen molar-refractivity contribution in [2.24, 2.45) is 5.92 Å². The fraction of sp³-hybridized carbons (Fsp3) is 0.909. The summed E-state index contributed by atoms with van der Waals surface area (Å²) in [6, 6.07) is 0. The molecule has 178 valence electrons. The van der Waals surface area contributed by atoms with Gasteiger partial charge in [-0.2, -0.15) is 0 Å². The molecule has 0 aromatic carbocycles. The van der Waals surface area contributed by atoms with Gasteiger partial charge in [-0.25, -0.2) is 0 Å². The molecule has 8 heteroatoms. The number of ether oxygens (including phenoxy) is 6. The second kappa shape index (κ2) is 22.5. The topological polar surface area (TPSA) is 89.5 Å². The van der Waals surface area contributed by atoms with Gasteiger partial charge < -0.3 is 28.4 Å². The maximum atomic E-state index is 12.1. The summed E-state index contributed by atoms with van der Waals surface area (Å²) < 4.78 is 31.7. The minimum atomic E-state index is -0.511. The number of carbonyl (C=O) groups excluding carboxylic acids is 2. The summed E-state index contributed by atoms with van der Waals surface area (Å²) in [5.74, 6) is -1.34. The van der Waals surface area contributed by atoms with Crippen LogP contribution >= 0.6 is 0 Å². The number of hydrogen-bond donors (Lipinski definition) is 0. The normalized spacial score (nSPS) is 12.0. The first kappa shape index (κ1) is 28.8. The van der Waals surface area contributed by atoms with Crippen molar-refractivity contribution in [2.45, 2.75) is 59.3 Å². The number of unbranched alkanes of at least 4 members (excludes halogenated alkanes) is 2. The lowest BCUT2D eigenvalue weighted by Crippen LogP contribution is -2.24. The lowest BCUT2D eigenvalue weighted by atomic mass is 10.0. The first-order valence-corrected chi connectivity index (χ1v) is 11.3. The van der Waals surface area contributed by atoms with Crippen molar-refractivity contribution in [3.8, 4) is 0 Å². The fourth-order valence-electron chi connectivity index (χ4n) is 2.32. The van der Waals surface area contributed by atoms with E-state index in [-0.39, 0.29) is 19.6 Å².